The van der Waals surface area contributed by atoms with Crippen molar-refractivity contribution >= 4 is 10.8 Å². The minimum absolute atomic E-state index is 0.0176. The third-order valence-corrected chi connectivity index (χ3v) is 5.15. The molecule has 4 aromatic rings. The van der Waals surface area contributed by atoms with Crippen LogP contribution >= 0.6 is 0 Å². The van der Waals surface area contributed by atoms with Crippen molar-refractivity contribution in [2.24, 2.45) is 0 Å². The highest BCUT2D eigenvalue weighted by atomic mass is 19.2. The summed E-state index contributed by atoms with van der Waals surface area (Å²) in [5, 5.41) is 0.329. The summed E-state index contributed by atoms with van der Waals surface area (Å²) < 4.78 is 71.0. The Bertz CT molecular complexity index is 1370. The summed E-state index contributed by atoms with van der Waals surface area (Å²) in [4.78, 5) is 0. The first kappa shape index (κ1) is 21.6. The summed E-state index contributed by atoms with van der Waals surface area (Å²) >= 11 is 0. The lowest BCUT2D eigenvalue weighted by atomic mass is 9.98. The Kier molecular flexibility index (Phi) is 5.96. The molecule has 0 heterocycles. The lowest BCUT2D eigenvalue weighted by Gasteiger charge is -2.08. The Morgan fingerprint density at radius 1 is 0.688 bits per heavy atom. The molecule has 0 N–H and O–H groups in total. The maximum atomic E-state index is 14.8. The van der Waals surface area contributed by atoms with Gasteiger partial charge in [-0.3, -0.25) is 0 Å². The molecule has 0 saturated carbocycles. The van der Waals surface area contributed by atoms with E-state index in [-0.39, 0.29) is 27.6 Å². The van der Waals surface area contributed by atoms with Gasteiger partial charge in [0.1, 0.15) is 17.5 Å². The number of rotatable bonds is 3. The molecule has 0 aliphatic carbocycles. The van der Waals surface area contributed by atoms with Gasteiger partial charge in [-0.25, -0.2) is 22.0 Å². The zero-order chi connectivity index (χ0) is 22.8. The van der Waals surface area contributed by atoms with E-state index in [0.29, 0.717) is 5.39 Å². The van der Waals surface area contributed by atoms with Crippen LogP contribution in [0.5, 0.6) is 0 Å². The molecular formula is C27H17F5. The Labute approximate surface area is 182 Å². The third-order valence-electron chi connectivity index (χ3n) is 5.15. The molecule has 160 valence electrons. The first-order chi connectivity index (χ1) is 15.4. The van der Waals surface area contributed by atoms with E-state index in [0.717, 1.165) is 36.6 Å². The summed E-state index contributed by atoms with van der Waals surface area (Å²) in [6.07, 6.45) is 1.64. The number of hydrogen-bond acceptors (Lipinski definition) is 0. The molecule has 4 rings (SSSR count). The van der Waals surface area contributed by atoms with Gasteiger partial charge in [0.05, 0.1) is 11.1 Å². The zero-order valence-corrected chi connectivity index (χ0v) is 17.1. The molecule has 0 aromatic heterocycles. The van der Waals surface area contributed by atoms with Gasteiger partial charge in [-0.05, 0) is 59.3 Å². The molecule has 4 aromatic carbocycles. The maximum absolute atomic E-state index is 14.8. The van der Waals surface area contributed by atoms with Crippen LogP contribution < -0.4 is 0 Å². The topological polar surface area (TPSA) is 0 Å². The number of halogens is 5. The fourth-order valence-electron chi connectivity index (χ4n) is 3.59. The van der Waals surface area contributed by atoms with E-state index in [1.54, 1.807) is 12.1 Å². The zero-order valence-electron chi connectivity index (χ0n) is 17.1. The minimum atomic E-state index is -1.02. The smallest absolute Gasteiger partial charge is 0.166 e. The van der Waals surface area contributed by atoms with E-state index in [1.165, 1.54) is 30.3 Å². The fourth-order valence-corrected chi connectivity index (χ4v) is 3.59. The summed E-state index contributed by atoms with van der Waals surface area (Å²) in [6, 6.07) is 13.1. The van der Waals surface area contributed by atoms with Gasteiger partial charge in [-0.1, -0.05) is 49.5 Å². The molecule has 0 aliphatic heterocycles. The van der Waals surface area contributed by atoms with Crippen molar-refractivity contribution < 1.29 is 22.0 Å². The second-order valence-electron chi connectivity index (χ2n) is 7.43. The van der Waals surface area contributed by atoms with E-state index in [1.807, 2.05) is 6.92 Å². The van der Waals surface area contributed by atoms with Crippen LogP contribution in [0.15, 0.2) is 60.7 Å². The van der Waals surface area contributed by atoms with Crippen LogP contribution in [0.25, 0.3) is 21.9 Å². The highest BCUT2D eigenvalue weighted by Gasteiger charge is 2.15. The van der Waals surface area contributed by atoms with Crippen molar-refractivity contribution in [2.45, 2.75) is 19.8 Å². The SMILES string of the molecule is CCCc1ccc(C#Cc2cc(F)c(-c3ccc4c(F)c(F)ccc4c3)c(F)c2)c(F)c1. The fraction of sp³-hybridized carbons (Fsp3) is 0.111. The summed E-state index contributed by atoms with van der Waals surface area (Å²) in [6.45, 7) is 1.99. The first-order valence-corrected chi connectivity index (χ1v) is 10.0. The molecule has 0 fully saturated rings. The van der Waals surface area contributed by atoms with Crippen LogP contribution in [-0.4, -0.2) is 0 Å². The molecule has 0 unspecified atom stereocenters. The Hall–Kier alpha value is -3.65. The largest absolute Gasteiger partial charge is 0.206 e. The van der Waals surface area contributed by atoms with Crippen LogP contribution in [0.4, 0.5) is 22.0 Å². The van der Waals surface area contributed by atoms with Gasteiger partial charge in [-0.15, -0.1) is 0 Å². The van der Waals surface area contributed by atoms with Crippen LogP contribution in [0.2, 0.25) is 0 Å². The molecule has 0 aliphatic rings. The molecule has 0 spiro atoms. The molecule has 0 bridgehead atoms. The normalized spacial score (nSPS) is 10.8. The number of benzene rings is 4. The van der Waals surface area contributed by atoms with Gasteiger partial charge in [0.25, 0.3) is 0 Å². The van der Waals surface area contributed by atoms with Crippen LogP contribution in [0.1, 0.15) is 30.0 Å². The molecule has 32 heavy (non-hydrogen) atoms. The van der Waals surface area contributed by atoms with E-state index in [4.69, 9.17) is 0 Å². The standard InChI is InChI=1S/C27H17F5/c1-2-3-16-4-6-18(23(29)12-16)7-5-17-13-24(30)26(25(31)14-17)20-8-10-21-19(15-20)9-11-22(28)27(21)32/h4,6,8-15H,2-3H2,1H3. The quantitative estimate of drug-likeness (QED) is 0.230. The molecule has 0 amide bonds. The lowest BCUT2D eigenvalue weighted by Crippen LogP contribution is -1.94. The number of fused-ring (bicyclic) bond motifs is 1. The average molecular weight is 436 g/mol. The highest BCUT2D eigenvalue weighted by molar-refractivity contribution is 5.88. The van der Waals surface area contributed by atoms with Gasteiger partial charge in [0.2, 0.25) is 0 Å². The minimum Gasteiger partial charge on any atom is -0.206 e. The molecule has 5 heteroatoms. The van der Waals surface area contributed by atoms with E-state index in [9.17, 15) is 22.0 Å². The molecule has 0 saturated heterocycles. The predicted molar refractivity (Wildman–Crippen MR) is 116 cm³/mol. The van der Waals surface area contributed by atoms with Gasteiger partial charge < -0.3 is 0 Å². The van der Waals surface area contributed by atoms with Crippen molar-refractivity contribution in [3.05, 3.63) is 106 Å². The van der Waals surface area contributed by atoms with Crippen LogP contribution in [-0.2, 0) is 6.42 Å². The van der Waals surface area contributed by atoms with Crippen molar-refractivity contribution in [1.82, 2.24) is 0 Å². The van der Waals surface area contributed by atoms with Gasteiger partial charge in [-0.2, -0.15) is 0 Å². The second-order valence-corrected chi connectivity index (χ2v) is 7.43. The van der Waals surface area contributed by atoms with Crippen LogP contribution in [0.3, 0.4) is 0 Å². The molecular weight excluding hydrogens is 419 g/mol. The summed E-state index contributed by atoms with van der Waals surface area (Å²) in [5.41, 5.74) is 0.913. The monoisotopic (exact) mass is 436 g/mol. The molecule has 0 radical (unpaired) electrons. The Balaban J connectivity index is 1.69. The Morgan fingerprint density at radius 3 is 2.12 bits per heavy atom. The molecule has 0 nitrogen and oxygen atoms in total. The number of aryl methyl sites for hydroxylation is 1. The predicted octanol–water partition coefficient (Wildman–Crippen LogP) is 7.55. The van der Waals surface area contributed by atoms with Crippen molar-refractivity contribution in [3.8, 4) is 23.0 Å². The second kappa shape index (κ2) is 8.84. The third kappa shape index (κ3) is 4.22. The van der Waals surface area contributed by atoms with Crippen molar-refractivity contribution in [1.29, 1.82) is 0 Å². The van der Waals surface area contributed by atoms with Crippen LogP contribution in [0, 0.1) is 40.9 Å². The van der Waals surface area contributed by atoms with E-state index < -0.39 is 29.1 Å². The first-order valence-electron chi connectivity index (χ1n) is 10.0. The summed E-state index contributed by atoms with van der Waals surface area (Å²) in [5.74, 6) is 0.975. The van der Waals surface area contributed by atoms with E-state index >= 15 is 0 Å². The van der Waals surface area contributed by atoms with Crippen molar-refractivity contribution in [2.75, 3.05) is 0 Å². The lowest BCUT2D eigenvalue weighted by molar-refractivity contribution is 0.517. The average Bonchev–Trinajstić information content (AvgIpc) is 2.75. The van der Waals surface area contributed by atoms with Gasteiger partial charge >= 0.3 is 0 Å². The maximum Gasteiger partial charge on any atom is 0.166 e. The molecule has 0 atom stereocenters. The summed E-state index contributed by atoms with van der Waals surface area (Å²) in [7, 11) is 0. The Morgan fingerprint density at radius 2 is 1.44 bits per heavy atom. The van der Waals surface area contributed by atoms with Crippen molar-refractivity contribution in [3.63, 3.8) is 0 Å². The van der Waals surface area contributed by atoms with Gasteiger partial charge in [0, 0.05) is 10.9 Å². The van der Waals surface area contributed by atoms with Gasteiger partial charge in [0.15, 0.2) is 11.6 Å². The highest BCUT2D eigenvalue weighted by Crippen LogP contribution is 2.31. The number of hydrogen-bond donors (Lipinski definition) is 0. The van der Waals surface area contributed by atoms with E-state index in [2.05, 4.69) is 11.8 Å².